The third-order valence-electron chi connectivity index (χ3n) is 5.84. The van der Waals surface area contributed by atoms with Crippen molar-refractivity contribution in [2.75, 3.05) is 5.32 Å². The molecule has 1 N–H and O–H groups in total. The first-order chi connectivity index (χ1) is 13.3. The van der Waals surface area contributed by atoms with Crippen LogP contribution in [0.3, 0.4) is 0 Å². The Hall–Kier alpha value is -3.07. The van der Waals surface area contributed by atoms with Gasteiger partial charge in [-0.3, -0.25) is 4.79 Å². The van der Waals surface area contributed by atoms with E-state index in [-0.39, 0.29) is 5.91 Å². The van der Waals surface area contributed by atoms with Crippen LogP contribution in [0.4, 0.5) is 5.69 Å². The fourth-order valence-corrected chi connectivity index (χ4v) is 4.58. The fourth-order valence-electron chi connectivity index (χ4n) is 4.58. The highest BCUT2D eigenvalue weighted by Gasteiger charge is 2.47. The summed E-state index contributed by atoms with van der Waals surface area (Å²) in [6, 6.07) is 26.7. The van der Waals surface area contributed by atoms with Crippen LogP contribution < -0.4 is 5.32 Å². The molecule has 3 nitrogen and oxygen atoms in total. The van der Waals surface area contributed by atoms with Crippen LogP contribution >= 0.6 is 0 Å². The van der Waals surface area contributed by atoms with Crippen LogP contribution in [-0.4, -0.2) is 10.8 Å². The molecule has 1 atom stereocenters. The van der Waals surface area contributed by atoms with Gasteiger partial charge in [0.2, 0.25) is 0 Å². The summed E-state index contributed by atoms with van der Waals surface area (Å²) in [5, 5.41) is 3.77. The maximum absolute atomic E-state index is 13.6. The lowest BCUT2D eigenvalue weighted by atomic mass is 9.79. The van der Waals surface area contributed by atoms with Crippen molar-refractivity contribution < 1.29 is 4.79 Å². The monoisotopic (exact) mass is 354 g/mol. The van der Waals surface area contributed by atoms with Crippen molar-refractivity contribution in [3.8, 4) is 0 Å². The molecular weight excluding hydrogens is 332 g/mol. The first-order valence-corrected chi connectivity index (χ1v) is 9.59. The molecule has 3 heteroatoms. The Balaban J connectivity index is 1.69. The lowest BCUT2D eigenvalue weighted by Crippen LogP contribution is -2.58. The maximum Gasteiger partial charge on any atom is 0.258 e. The second-order valence-electron chi connectivity index (χ2n) is 7.42. The number of para-hydroxylation sites is 1. The Morgan fingerprint density at radius 2 is 1.63 bits per heavy atom. The zero-order valence-electron chi connectivity index (χ0n) is 15.2. The first kappa shape index (κ1) is 16.1. The summed E-state index contributed by atoms with van der Waals surface area (Å²) in [6.45, 7) is 0.593. The van der Waals surface area contributed by atoms with Crippen LogP contribution in [0.2, 0.25) is 0 Å². The van der Waals surface area contributed by atoms with Crippen molar-refractivity contribution in [2.45, 2.75) is 31.5 Å². The lowest BCUT2D eigenvalue weighted by molar-refractivity contribution is 0.0417. The van der Waals surface area contributed by atoms with Gasteiger partial charge in [0.25, 0.3) is 5.91 Å². The van der Waals surface area contributed by atoms with Crippen LogP contribution in [0.1, 0.15) is 39.9 Å². The van der Waals surface area contributed by atoms with E-state index < -0.39 is 5.66 Å². The third kappa shape index (κ3) is 2.54. The van der Waals surface area contributed by atoms with Gasteiger partial charge in [-0.05, 0) is 42.5 Å². The molecule has 0 radical (unpaired) electrons. The Morgan fingerprint density at radius 3 is 2.52 bits per heavy atom. The molecule has 1 amide bonds. The highest BCUT2D eigenvalue weighted by molar-refractivity contribution is 6.02. The predicted molar refractivity (Wildman–Crippen MR) is 107 cm³/mol. The number of rotatable bonds is 2. The third-order valence-corrected chi connectivity index (χ3v) is 5.84. The van der Waals surface area contributed by atoms with Gasteiger partial charge >= 0.3 is 0 Å². The van der Waals surface area contributed by atoms with E-state index in [2.05, 4.69) is 41.7 Å². The van der Waals surface area contributed by atoms with Crippen molar-refractivity contribution in [1.29, 1.82) is 0 Å². The molecule has 5 rings (SSSR count). The van der Waals surface area contributed by atoms with E-state index in [0.717, 1.165) is 36.1 Å². The molecular formula is C24H22N2O. The number of carbonyl (C=O) groups is 1. The van der Waals surface area contributed by atoms with E-state index in [0.29, 0.717) is 6.54 Å². The van der Waals surface area contributed by atoms with E-state index in [1.165, 1.54) is 11.1 Å². The van der Waals surface area contributed by atoms with Gasteiger partial charge in [0.15, 0.2) is 0 Å². The molecule has 1 heterocycles. The number of amides is 1. The van der Waals surface area contributed by atoms with Crippen LogP contribution in [0.5, 0.6) is 0 Å². The number of fused-ring (bicyclic) bond motifs is 3. The van der Waals surface area contributed by atoms with Crippen LogP contribution in [0.25, 0.3) is 0 Å². The number of nitrogens with zero attached hydrogens (tertiary/aromatic N) is 1. The first-order valence-electron chi connectivity index (χ1n) is 9.59. The number of benzene rings is 3. The number of hydrogen-bond donors (Lipinski definition) is 1. The standard InChI is InChI=1S/C24H22N2O/c27-23-20-13-5-7-15-22(20)25-24(26(23)17-18-9-2-1-3-10-18)16-8-12-19-11-4-6-14-21(19)24/h1-7,9-11,13-15,25H,8,12,16-17H2. The van der Waals surface area contributed by atoms with Gasteiger partial charge in [-0.2, -0.15) is 0 Å². The minimum absolute atomic E-state index is 0.102. The molecule has 134 valence electrons. The lowest BCUT2D eigenvalue weighted by Gasteiger charge is -2.51. The average Bonchev–Trinajstić information content (AvgIpc) is 2.72. The molecule has 3 aromatic rings. The number of aryl methyl sites for hydroxylation is 1. The fraction of sp³-hybridized carbons (Fsp3) is 0.208. The Labute approximate surface area is 159 Å². The highest BCUT2D eigenvalue weighted by atomic mass is 16.2. The average molecular weight is 354 g/mol. The van der Waals surface area contributed by atoms with Gasteiger partial charge in [0, 0.05) is 17.8 Å². The number of anilines is 1. The summed E-state index contributed by atoms with van der Waals surface area (Å²) in [5.41, 5.74) is 4.91. The SMILES string of the molecule is O=C1c2ccccc2NC2(CCCc3ccccc32)N1Cc1ccccc1. The summed E-state index contributed by atoms with van der Waals surface area (Å²) in [6.07, 6.45) is 3.04. The minimum Gasteiger partial charge on any atom is -0.358 e. The molecule has 0 fully saturated rings. The minimum atomic E-state index is -0.490. The quantitative estimate of drug-likeness (QED) is 0.707. The van der Waals surface area contributed by atoms with Gasteiger partial charge in [-0.25, -0.2) is 0 Å². The number of carbonyl (C=O) groups excluding carboxylic acids is 1. The molecule has 1 aliphatic heterocycles. The molecule has 0 bridgehead atoms. The normalized spacial score (nSPS) is 20.7. The summed E-state index contributed by atoms with van der Waals surface area (Å²) in [7, 11) is 0. The Kier molecular flexibility index (Phi) is 3.75. The van der Waals surface area contributed by atoms with Crippen LogP contribution in [0, 0.1) is 0 Å². The topological polar surface area (TPSA) is 32.3 Å². The van der Waals surface area contributed by atoms with Gasteiger partial charge in [-0.15, -0.1) is 0 Å². The second kappa shape index (κ2) is 6.27. The summed E-state index contributed by atoms with van der Waals surface area (Å²) < 4.78 is 0. The van der Waals surface area contributed by atoms with Crippen molar-refractivity contribution >= 4 is 11.6 Å². The molecule has 0 saturated heterocycles. The zero-order chi connectivity index (χ0) is 18.3. The largest absolute Gasteiger partial charge is 0.358 e. The van der Waals surface area contributed by atoms with Crippen LogP contribution in [0.15, 0.2) is 78.9 Å². The summed E-state index contributed by atoms with van der Waals surface area (Å²) >= 11 is 0. The smallest absolute Gasteiger partial charge is 0.258 e. The molecule has 1 aliphatic carbocycles. The molecule has 3 aromatic carbocycles. The molecule has 27 heavy (non-hydrogen) atoms. The van der Waals surface area contributed by atoms with E-state index in [9.17, 15) is 4.79 Å². The number of nitrogens with one attached hydrogen (secondary N) is 1. The van der Waals surface area contributed by atoms with Crippen molar-refractivity contribution in [2.24, 2.45) is 0 Å². The van der Waals surface area contributed by atoms with Gasteiger partial charge in [-0.1, -0.05) is 66.7 Å². The van der Waals surface area contributed by atoms with E-state index in [1.54, 1.807) is 0 Å². The summed E-state index contributed by atoms with van der Waals surface area (Å²) in [5.74, 6) is 0.102. The van der Waals surface area contributed by atoms with Crippen molar-refractivity contribution in [3.05, 3.63) is 101 Å². The molecule has 1 spiro atoms. The van der Waals surface area contributed by atoms with E-state index in [1.807, 2.05) is 47.4 Å². The van der Waals surface area contributed by atoms with Crippen molar-refractivity contribution in [3.63, 3.8) is 0 Å². The molecule has 2 aliphatic rings. The van der Waals surface area contributed by atoms with Crippen LogP contribution in [-0.2, 0) is 18.6 Å². The second-order valence-corrected chi connectivity index (χ2v) is 7.42. The Bertz CT molecular complexity index is 998. The predicted octanol–water partition coefficient (Wildman–Crippen LogP) is 4.94. The zero-order valence-corrected chi connectivity index (χ0v) is 15.2. The maximum atomic E-state index is 13.6. The van der Waals surface area contributed by atoms with Gasteiger partial charge < -0.3 is 10.2 Å². The van der Waals surface area contributed by atoms with Gasteiger partial charge in [0.05, 0.1) is 5.56 Å². The van der Waals surface area contributed by atoms with E-state index >= 15 is 0 Å². The Morgan fingerprint density at radius 1 is 0.889 bits per heavy atom. The highest BCUT2D eigenvalue weighted by Crippen LogP contribution is 2.45. The molecule has 0 saturated carbocycles. The van der Waals surface area contributed by atoms with Crippen molar-refractivity contribution in [1.82, 2.24) is 4.90 Å². The van der Waals surface area contributed by atoms with E-state index in [4.69, 9.17) is 0 Å². The number of hydrogen-bond acceptors (Lipinski definition) is 2. The molecule has 0 aromatic heterocycles. The summed E-state index contributed by atoms with van der Waals surface area (Å²) in [4.78, 5) is 15.6. The molecule has 1 unspecified atom stereocenters. The van der Waals surface area contributed by atoms with Gasteiger partial charge in [0.1, 0.15) is 5.66 Å².